The van der Waals surface area contributed by atoms with E-state index in [-0.39, 0.29) is 24.8 Å². The molecule has 1 saturated heterocycles. The lowest BCUT2D eigenvalue weighted by atomic mass is 9.99. The number of amides is 1. The van der Waals surface area contributed by atoms with Gasteiger partial charge in [0.2, 0.25) is 5.91 Å². The van der Waals surface area contributed by atoms with E-state index in [4.69, 9.17) is 16.3 Å². The van der Waals surface area contributed by atoms with Gasteiger partial charge in [-0.15, -0.1) is 11.3 Å². The van der Waals surface area contributed by atoms with Gasteiger partial charge in [0.15, 0.2) is 0 Å². The van der Waals surface area contributed by atoms with Crippen LogP contribution in [0.4, 0.5) is 0 Å². The molecule has 1 fully saturated rings. The van der Waals surface area contributed by atoms with Crippen molar-refractivity contribution < 1.29 is 19.4 Å². The van der Waals surface area contributed by atoms with Crippen LogP contribution in [-0.4, -0.2) is 40.0 Å². The lowest BCUT2D eigenvalue weighted by Crippen LogP contribution is -2.31. The van der Waals surface area contributed by atoms with E-state index >= 15 is 0 Å². The van der Waals surface area contributed by atoms with Gasteiger partial charge in [-0.2, -0.15) is 0 Å². The van der Waals surface area contributed by atoms with E-state index in [9.17, 15) is 14.7 Å². The Labute approximate surface area is 160 Å². The highest BCUT2D eigenvalue weighted by Gasteiger charge is 2.36. The molecule has 26 heavy (non-hydrogen) atoms. The number of carboxylic acids is 1. The summed E-state index contributed by atoms with van der Waals surface area (Å²) in [5, 5.41) is 12.4. The molecule has 1 aliphatic rings. The molecule has 138 valence electrons. The Morgan fingerprint density at radius 2 is 2.08 bits per heavy atom. The van der Waals surface area contributed by atoms with Gasteiger partial charge in [-0.3, -0.25) is 9.59 Å². The maximum absolute atomic E-state index is 12.4. The van der Waals surface area contributed by atoms with Crippen molar-refractivity contribution in [2.24, 2.45) is 11.8 Å². The smallest absolute Gasteiger partial charge is 0.308 e. The molecular weight excluding hydrogens is 376 g/mol. The molecule has 0 saturated carbocycles. The summed E-state index contributed by atoms with van der Waals surface area (Å²) in [6.45, 7) is 2.93. The van der Waals surface area contributed by atoms with Crippen molar-refractivity contribution in [2.45, 2.75) is 20.0 Å². The van der Waals surface area contributed by atoms with E-state index in [0.717, 1.165) is 5.01 Å². The van der Waals surface area contributed by atoms with E-state index in [2.05, 4.69) is 4.98 Å². The molecule has 1 aliphatic heterocycles. The molecule has 0 spiro atoms. The number of hydrogen-bond acceptors (Lipinski definition) is 5. The van der Waals surface area contributed by atoms with E-state index in [1.165, 1.54) is 11.3 Å². The minimum atomic E-state index is -0.844. The molecule has 0 bridgehead atoms. The summed E-state index contributed by atoms with van der Waals surface area (Å²) >= 11 is 7.27. The predicted octanol–water partition coefficient (Wildman–Crippen LogP) is 3.10. The van der Waals surface area contributed by atoms with Crippen molar-refractivity contribution in [3.05, 3.63) is 45.4 Å². The fourth-order valence-electron chi connectivity index (χ4n) is 2.93. The second-order valence-electron chi connectivity index (χ2n) is 6.37. The number of likely N-dealkylation sites (tertiary alicyclic amines) is 1. The normalized spacial score (nSPS) is 19.5. The van der Waals surface area contributed by atoms with Crippen LogP contribution in [0, 0.1) is 11.8 Å². The molecule has 1 aromatic carbocycles. The number of hydrogen-bond donors (Lipinski definition) is 1. The van der Waals surface area contributed by atoms with Gasteiger partial charge in [-0.05, 0) is 30.2 Å². The number of aliphatic carboxylic acids is 1. The highest BCUT2D eigenvalue weighted by molar-refractivity contribution is 7.09. The van der Waals surface area contributed by atoms with Crippen molar-refractivity contribution in [3.8, 4) is 5.75 Å². The summed E-state index contributed by atoms with van der Waals surface area (Å²) in [5.74, 6) is -0.750. The SMILES string of the molecule is C[C@@H]1CN(C(=O)Cc2csc(COc3ccc(Cl)cc3)n2)C[C@H]1C(=O)O. The Hall–Kier alpha value is -2.12. The molecule has 2 atom stereocenters. The van der Waals surface area contributed by atoms with Gasteiger partial charge < -0.3 is 14.7 Å². The van der Waals surface area contributed by atoms with E-state index in [0.29, 0.717) is 29.6 Å². The van der Waals surface area contributed by atoms with Crippen LogP contribution < -0.4 is 4.74 Å². The van der Waals surface area contributed by atoms with Crippen LogP contribution >= 0.6 is 22.9 Å². The number of benzene rings is 1. The fourth-order valence-corrected chi connectivity index (χ4v) is 3.76. The third kappa shape index (κ3) is 4.53. The zero-order valence-corrected chi connectivity index (χ0v) is 15.8. The Kier molecular flexibility index (Phi) is 5.78. The number of carbonyl (C=O) groups is 2. The second kappa shape index (κ2) is 8.05. The Bertz CT molecular complexity index is 793. The number of ether oxygens (including phenoxy) is 1. The molecule has 0 aliphatic carbocycles. The summed E-state index contributed by atoms with van der Waals surface area (Å²) in [6, 6.07) is 7.08. The van der Waals surface area contributed by atoms with E-state index in [1.54, 1.807) is 29.2 Å². The third-order valence-corrected chi connectivity index (χ3v) is 5.51. The number of carboxylic acid groups (broad SMARTS) is 1. The highest BCUT2D eigenvalue weighted by Crippen LogP contribution is 2.24. The lowest BCUT2D eigenvalue weighted by molar-refractivity contribution is -0.142. The van der Waals surface area contributed by atoms with Gasteiger partial charge in [-0.1, -0.05) is 18.5 Å². The maximum Gasteiger partial charge on any atom is 0.308 e. The summed E-state index contributed by atoms with van der Waals surface area (Å²) in [4.78, 5) is 29.6. The summed E-state index contributed by atoms with van der Waals surface area (Å²) < 4.78 is 5.65. The monoisotopic (exact) mass is 394 g/mol. The van der Waals surface area contributed by atoms with Crippen molar-refractivity contribution in [1.82, 2.24) is 9.88 Å². The van der Waals surface area contributed by atoms with E-state index in [1.807, 2.05) is 12.3 Å². The van der Waals surface area contributed by atoms with Gasteiger partial charge in [0.05, 0.1) is 18.0 Å². The summed E-state index contributed by atoms with van der Waals surface area (Å²) in [7, 11) is 0. The minimum Gasteiger partial charge on any atom is -0.486 e. The van der Waals surface area contributed by atoms with Crippen LogP contribution in [0.1, 0.15) is 17.6 Å². The number of rotatable bonds is 6. The Balaban J connectivity index is 1.52. The highest BCUT2D eigenvalue weighted by atomic mass is 35.5. The first-order valence-electron chi connectivity index (χ1n) is 8.24. The molecule has 0 unspecified atom stereocenters. The number of aromatic nitrogens is 1. The molecular formula is C18H19ClN2O4S. The van der Waals surface area contributed by atoms with Gasteiger partial charge in [0, 0.05) is 23.5 Å². The Morgan fingerprint density at radius 3 is 2.73 bits per heavy atom. The molecule has 1 amide bonds. The molecule has 0 radical (unpaired) electrons. The zero-order chi connectivity index (χ0) is 18.7. The Morgan fingerprint density at radius 1 is 1.35 bits per heavy atom. The largest absolute Gasteiger partial charge is 0.486 e. The molecule has 1 N–H and O–H groups in total. The number of nitrogens with zero attached hydrogens (tertiary/aromatic N) is 2. The molecule has 1 aromatic heterocycles. The third-order valence-electron chi connectivity index (χ3n) is 4.39. The fraction of sp³-hybridized carbons (Fsp3) is 0.389. The summed E-state index contributed by atoms with van der Waals surface area (Å²) in [6.07, 6.45) is 0.177. The quantitative estimate of drug-likeness (QED) is 0.814. The average Bonchev–Trinajstić information content (AvgIpc) is 3.21. The first kappa shape index (κ1) is 18.7. The van der Waals surface area contributed by atoms with Crippen molar-refractivity contribution in [2.75, 3.05) is 13.1 Å². The number of carbonyl (C=O) groups excluding carboxylic acids is 1. The van der Waals surface area contributed by atoms with Gasteiger partial charge in [0.25, 0.3) is 0 Å². The van der Waals surface area contributed by atoms with Gasteiger partial charge in [-0.25, -0.2) is 4.98 Å². The van der Waals surface area contributed by atoms with Crippen molar-refractivity contribution in [1.29, 1.82) is 0 Å². The van der Waals surface area contributed by atoms with Crippen LogP contribution in [0.15, 0.2) is 29.6 Å². The number of halogens is 1. The van der Waals surface area contributed by atoms with E-state index < -0.39 is 11.9 Å². The molecule has 3 rings (SSSR count). The molecule has 8 heteroatoms. The zero-order valence-electron chi connectivity index (χ0n) is 14.2. The van der Waals surface area contributed by atoms with Gasteiger partial charge in [0.1, 0.15) is 17.4 Å². The molecule has 6 nitrogen and oxygen atoms in total. The van der Waals surface area contributed by atoms with Gasteiger partial charge >= 0.3 is 5.97 Å². The first-order valence-corrected chi connectivity index (χ1v) is 9.50. The topological polar surface area (TPSA) is 79.7 Å². The van der Waals surface area contributed by atoms with Crippen LogP contribution in [0.3, 0.4) is 0 Å². The van der Waals surface area contributed by atoms with Crippen molar-refractivity contribution >= 4 is 34.8 Å². The van der Waals surface area contributed by atoms with Crippen LogP contribution in [0.5, 0.6) is 5.75 Å². The maximum atomic E-state index is 12.4. The van der Waals surface area contributed by atoms with Crippen LogP contribution in [0.25, 0.3) is 0 Å². The lowest BCUT2D eigenvalue weighted by Gasteiger charge is -2.14. The molecule has 2 aromatic rings. The number of thiazole rings is 1. The van der Waals surface area contributed by atoms with Crippen molar-refractivity contribution in [3.63, 3.8) is 0 Å². The predicted molar refractivity (Wildman–Crippen MR) is 98.5 cm³/mol. The minimum absolute atomic E-state index is 0.0322. The average molecular weight is 395 g/mol. The standard InChI is InChI=1S/C18H19ClN2O4S/c1-11-7-21(8-15(11)18(23)24)17(22)6-13-10-26-16(20-13)9-25-14-4-2-12(19)3-5-14/h2-5,10-11,15H,6-9H2,1H3,(H,23,24)/t11-,15-/m1/s1. The van der Waals surface area contributed by atoms with Crippen LogP contribution in [0.2, 0.25) is 5.02 Å². The molecule has 2 heterocycles. The summed E-state index contributed by atoms with van der Waals surface area (Å²) in [5.41, 5.74) is 0.682. The second-order valence-corrected chi connectivity index (χ2v) is 7.75. The van der Waals surface area contributed by atoms with Crippen LogP contribution in [-0.2, 0) is 22.6 Å². The first-order chi connectivity index (χ1) is 12.4.